The molecule has 152 valence electrons. The van der Waals surface area contributed by atoms with Crippen molar-refractivity contribution in [3.63, 3.8) is 0 Å². The maximum atomic E-state index is 12.9. The molecule has 0 aliphatic carbocycles. The van der Waals surface area contributed by atoms with Crippen LogP contribution in [-0.2, 0) is 12.3 Å². The number of fused-ring (bicyclic) bond motifs is 3. The number of hydrogen-bond acceptors (Lipinski definition) is 7. The first kappa shape index (κ1) is 19.1. The second kappa shape index (κ2) is 7.73. The zero-order valence-corrected chi connectivity index (χ0v) is 18.2. The number of thioether (sulfide) groups is 1. The van der Waals surface area contributed by atoms with Gasteiger partial charge in [0, 0.05) is 12.3 Å². The summed E-state index contributed by atoms with van der Waals surface area (Å²) < 4.78 is 9.52. The second-order valence-electron chi connectivity index (χ2n) is 6.88. The van der Waals surface area contributed by atoms with Crippen LogP contribution in [0.15, 0.2) is 56.1 Å². The first-order chi connectivity index (χ1) is 14.7. The fraction of sp³-hybridized carbons (Fsp3) is 0.238. The van der Waals surface area contributed by atoms with Gasteiger partial charge in [0.15, 0.2) is 5.16 Å². The van der Waals surface area contributed by atoms with E-state index in [9.17, 15) is 4.79 Å². The average molecular weight is 438 g/mol. The van der Waals surface area contributed by atoms with Crippen molar-refractivity contribution in [2.75, 3.05) is 0 Å². The lowest BCUT2D eigenvalue weighted by molar-refractivity contribution is 0.542. The molecule has 0 amide bonds. The predicted molar refractivity (Wildman–Crippen MR) is 119 cm³/mol. The van der Waals surface area contributed by atoms with E-state index < -0.39 is 0 Å². The van der Waals surface area contributed by atoms with Gasteiger partial charge in [0.05, 0.1) is 21.5 Å². The predicted octanol–water partition coefficient (Wildman–Crippen LogP) is 4.77. The van der Waals surface area contributed by atoms with Crippen LogP contribution in [0.25, 0.3) is 27.4 Å². The zero-order chi connectivity index (χ0) is 20.7. The number of hydrogen-bond donors (Lipinski definition) is 0. The molecule has 0 bridgehead atoms. The van der Waals surface area contributed by atoms with E-state index in [4.69, 9.17) is 4.42 Å². The minimum absolute atomic E-state index is 0.0307. The number of rotatable bonds is 6. The maximum Gasteiger partial charge on any atom is 0.262 e. The summed E-state index contributed by atoms with van der Waals surface area (Å²) in [5.41, 5.74) is 1.66. The average Bonchev–Trinajstić information content (AvgIpc) is 3.49. The molecular formula is C21H19N5O2S2. The number of para-hydroxylation sites is 1. The number of oxazole rings is 1. The molecule has 0 fully saturated rings. The van der Waals surface area contributed by atoms with Crippen LogP contribution in [0.1, 0.15) is 24.8 Å². The Labute approximate surface area is 180 Å². The second-order valence-corrected chi connectivity index (χ2v) is 8.77. The lowest BCUT2D eigenvalue weighted by atomic mass is 10.2. The minimum Gasteiger partial charge on any atom is -0.440 e. The lowest BCUT2D eigenvalue weighted by Gasteiger charge is -2.10. The van der Waals surface area contributed by atoms with Gasteiger partial charge in [0.1, 0.15) is 5.76 Å². The molecule has 5 aromatic rings. The number of thiophene rings is 1. The fourth-order valence-electron chi connectivity index (χ4n) is 3.45. The Kier molecular flexibility index (Phi) is 4.92. The Morgan fingerprint density at radius 2 is 2.03 bits per heavy atom. The van der Waals surface area contributed by atoms with E-state index in [0.29, 0.717) is 29.4 Å². The third-order valence-corrected chi connectivity index (χ3v) is 6.69. The van der Waals surface area contributed by atoms with E-state index in [1.165, 1.54) is 11.8 Å². The minimum atomic E-state index is -0.0307. The molecule has 4 aromatic heterocycles. The summed E-state index contributed by atoms with van der Waals surface area (Å²) in [5.74, 6) is 2.61. The molecule has 0 saturated heterocycles. The summed E-state index contributed by atoms with van der Waals surface area (Å²) in [5, 5.41) is 12.1. The smallest absolute Gasteiger partial charge is 0.262 e. The summed E-state index contributed by atoms with van der Waals surface area (Å²) in [6.07, 6.45) is 0.840. The van der Waals surface area contributed by atoms with Gasteiger partial charge in [-0.2, -0.15) is 0 Å². The van der Waals surface area contributed by atoms with E-state index in [0.717, 1.165) is 33.4 Å². The molecular weight excluding hydrogens is 418 g/mol. The van der Waals surface area contributed by atoms with Crippen LogP contribution in [0.5, 0.6) is 0 Å². The highest BCUT2D eigenvalue weighted by Crippen LogP contribution is 2.30. The largest absolute Gasteiger partial charge is 0.440 e. The highest BCUT2D eigenvalue weighted by molar-refractivity contribution is 7.98. The van der Waals surface area contributed by atoms with Crippen molar-refractivity contribution >= 4 is 39.8 Å². The van der Waals surface area contributed by atoms with E-state index >= 15 is 0 Å². The molecule has 0 aliphatic heterocycles. The van der Waals surface area contributed by atoms with Gasteiger partial charge in [-0.05, 0) is 36.9 Å². The molecule has 0 saturated carbocycles. The van der Waals surface area contributed by atoms with Gasteiger partial charge in [-0.1, -0.05) is 36.9 Å². The Morgan fingerprint density at radius 1 is 1.17 bits per heavy atom. The van der Waals surface area contributed by atoms with Gasteiger partial charge in [0.2, 0.25) is 11.7 Å². The summed E-state index contributed by atoms with van der Waals surface area (Å²) in [7, 11) is 0. The van der Waals surface area contributed by atoms with Gasteiger partial charge in [-0.25, -0.2) is 4.98 Å². The first-order valence-electron chi connectivity index (χ1n) is 9.67. The summed E-state index contributed by atoms with van der Waals surface area (Å²) in [6.45, 7) is 4.57. The van der Waals surface area contributed by atoms with Gasteiger partial charge in [-0.3, -0.25) is 13.8 Å². The van der Waals surface area contributed by atoms with Crippen LogP contribution in [-0.4, -0.2) is 24.1 Å². The molecule has 0 unspecified atom stereocenters. The Bertz CT molecular complexity index is 1400. The van der Waals surface area contributed by atoms with Gasteiger partial charge < -0.3 is 4.42 Å². The molecule has 4 heterocycles. The fourth-order valence-corrected chi connectivity index (χ4v) is 5.04. The summed E-state index contributed by atoms with van der Waals surface area (Å²) in [4.78, 5) is 18.6. The van der Waals surface area contributed by atoms with Gasteiger partial charge in [0.25, 0.3) is 5.56 Å². The number of aryl methyl sites for hydroxylation is 2. The van der Waals surface area contributed by atoms with Crippen LogP contribution >= 0.6 is 23.1 Å². The Balaban J connectivity index is 1.55. The third-order valence-electron chi connectivity index (χ3n) is 4.89. The molecule has 0 radical (unpaired) electrons. The molecule has 0 spiro atoms. The van der Waals surface area contributed by atoms with Gasteiger partial charge >= 0.3 is 0 Å². The third kappa shape index (κ3) is 3.14. The molecule has 5 rings (SSSR count). The standard InChI is InChI=1S/C21H19N5O2S2/c1-3-10-25-19(27)14-7-4-5-8-16(14)26-20(25)23-24-21(26)30-12-15-13(2)28-18(22-15)17-9-6-11-29-17/h4-9,11H,3,10,12H2,1-2H3. The number of benzene rings is 1. The van der Waals surface area contributed by atoms with Crippen molar-refractivity contribution in [2.45, 2.75) is 37.7 Å². The van der Waals surface area contributed by atoms with E-state index in [2.05, 4.69) is 15.2 Å². The van der Waals surface area contributed by atoms with Crippen LogP contribution in [0.4, 0.5) is 0 Å². The molecule has 1 aromatic carbocycles. The zero-order valence-electron chi connectivity index (χ0n) is 16.5. The van der Waals surface area contributed by atoms with Crippen molar-refractivity contribution in [3.05, 3.63) is 63.6 Å². The van der Waals surface area contributed by atoms with Crippen LogP contribution in [0.3, 0.4) is 0 Å². The normalized spacial score (nSPS) is 11.7. The Hall–Kier alpha value is -2.91. The SMILES string of the molecule is CCCn1c(=O)c2ccccc2n2c(SCc3nc(-c4cccs4)oc3C)nnc12. The molecule has 0 atom stereocenters. The molecule has 9 heteroatoms. The van der Waals surface area contributed by atoms with Crippen molar-refractivity contribution < 1.29 is 4.42 Å². The topological polar surface area (TPSA) is 78.2 Å². The van der Waals surface area contributed by atoms with Crippen molar-refractivity contribution in [2.24, 2.45) is 0 Å². The molecule has 0 N–H and O–H groups in total. The van der Waals surface area contributed by atoms with E-state index in [-0.39, 0.29) is 5.56 Å². The first-order valence-corrected chi connectivity index (χ1v) is 11.5. The quantitative estimate of drug-likeness (QED) is 0.356. The molecule has 30 heavy (non-hydrogen) atoms. The lowest BCUT2D eigenvalue weighted by Crippen LogP contribution is -2.23. The highest BCUT2D eigenvalue weighted by Gasteiger charge is 2.18. The van der Waals surface area contributed by atoms with Crippen molar-refractivity contribution in [3.8, 4) is 10.8 Å². The number of nitrogens with zero attached hydrogens (tertiary/aromatic N) is 5. The van der Waals surface area contributed by atoms with E-state index in [1.54, 1.807) is 15.9 Å². The maximum absolute atomic E-state index is 12.9. The van der Waals surface area contributed by atoms with Crippen LogP contribution in [0, 0.1) is 6.92 Å². The van der Waals surface area contributed by atoms with Crippen LogP contribution in [0.2, 0.25) is 0 Å². The molecule has 0 aliphatic rings. The van der Waals surface area contributed by atoms with Crippen molar-refractivity contribution in [1.82, 2.24) is 24.1 Å². The van der Waals surface area contributed by atoms with Gasteiger partial charge in [-0.15, -0.1) is 21.5 Å². The highest BCUT2D eigenvalue weighted by atomic mass is 32.2. The molecule has 7 nitrogen and oxygen atoms in total. The van der Waals surface area contributed by atoms with Crippen molar-refractivity contribution in [1.29, 1.82) is 0 Å². The number of aromatic nitrogens is 5. The Morgan fingerprint density at radius 3 is 2.83 bits per heavy atom. The summed E-state index contributed by atoms with van der Waals surface area (Å²) in [6, 6.07) is 11.6. The van der Waals surface area contributed by atoms with Crippen LogP contribution < -0.4 is 5.56 Å². The summed E-state index contributed by atoms with van der Waals surface area (Å²) >= 11 is 3.14. The monoisotopic (exact) mass is 437 g/mol. The van der Waals surface area contributed by atoms with E-state index in [1.807, 2.05) is 60.0 Å².